The Labute approximate surface area is 154 Å². The van der Waals surface area contributed by atoms with Gasteiger partial charge in [-0.1, -0.05) is 35.9 Å². The van der Waals surface area contributed by atoms with Crippen LogP contribution in [0.15, 0.2) is 42.5 Å². The number of hydrogen-bond donors (Lipinski definition) is 3. The number of aryl methyl sites for hydroxylation is 1. The number of nitrogens with zero attached hydrogens (tertiary/aromatic N) is 1. The molecular formula is C21H26N4O. The fourth-order valence-corrected chi connectivity index (χ4v) is 3.96. The molecule has 0 atom stereocenters. The van der Waals surface area contributed by atoms with Crippen LogP contribution in [0.3, 0.4) is 0 Å². The quantitative estimate of drug-likeness (QED) is 0.727. The first-order valence-electron chi connectivity index (χ1n) is 9.28. The van der Waals surface area contributed by atoms with Gasteiger partial charge in [0.05, 0.1) is 11.4 Å². The highest BCUT2D eigenvalue weighted by molar-refractivity contribution is 5.94. The number of rotatable bonds is 2. The van der Waals surface area contributed by atoms with Gasteiger partial charge in [0.25, 0.3) is 0 Å². The molecule has 2 aliphatic heterocycles. The summed E-state index contributed by atoms with van der Waals surface area (Å²) in [7, 11) is 0. The zero-order valence-electron chi connectivity index (χ0n) is 15.2. The summed E-state index contributed by atoms with van der Waals surface area (Å²) in [5, 5.41) is 6.39. The number of urea groups is 1. The van der Waals surface area contributed by atoms with Crippen LogP contribution in [0.4, 0.5) is 16.2 Å². The highest BCUT2D eigenvalue weighted by Gasteiger charge is 2.45. The van der Waals surface area contributed by atoms with Crippen LogP contribution < -0.4 is 16.4 Å². The summed E-state index contributed by atoms with van der Waals surface area (Å²) in [6.45, 7) is 5.87. The number of anilines is 2. The summed E-state index contributed by atoms with van der Waals surface area (Å²) in [4.78, 5) is 14.5. The predicted octanol–water partition coefficient (Wildman–Crippen LogP) is 3.46. The van der Waals surface area contributed by atoms with Gasteiger partial charge in [-0.15, -0.1) is 0 Å². The molecule has 2 saturated heterocycles. The molecule has 136 valence electrons. The fraction of sp³-hybridized carbons (Fsp3) is 0.381. The molecule has 5 heteroatoms. The lowest BCUT2D eigenvalue weighted by molar-refractivity contribution is 0.0109. The number of benzene rings is 2. The lowest BCUT2D eigenvalue weighted by Gasteiger charge is -2.52. The van der Waals surface area contributed by atoms with E-state index in [0.29, 0.717) is 16.8 Å². The Morgan fingerprint density at radius 1 is 1.08 bits per heavy atom. The van der Waals surface area contributed by atoms with Crippen LogP contribution in [0.1, 0.15) is 18.4 Å². The van der Waals surface area contributed by atoms with Crippen molar-refractivity contribution >= 4 is 17.4 Å². The topological polar surface area (TPSA) is 70.4 Å². The van der Waals surface area contributed by atoms with Gasteiger partial charge in [0.1, 0.15) is 0 Å². The van der Waals surface area contributed by atoms with E-state index < -0.39 is 0 Å². The number of likely N-dealkylation sites (tertiary alicyclic amines) is 1. The molecule has 2 aliphatic rings. The van der Waals surface area contributed by atoms with Crippen LogP contribution in [0, 0.1) is 12.3 Å². The van der Waals surface area contributed by atoms with E-state index in [-0.39, 0.29) is 6.03 Å². The Bertz CT molecular complexity index is 801. The minimum Gasteiger partial charge on any atom is -0.397 e. The highest BCUT2D eigenvalue weighted by Crippen LogP contribution is 2.39. The molecule has 2 aromatic rings. The van der Waals surface area contributed by atoms with Gasteiger partial charge in [0.15, 0.2) is 0 Å². The van der Waals surface area contributed by atoms with Crippen LogP contribution in [0.25, 0.3) is 11.1 Å². The van der Waals surface area contributed by atoms with E-state index in [0.717, 1.165) is 50.1 Å². The van der Waals surface area contributed by atoms with Crippen LogP contribution in [0.2, 0.25) is 0 Å². The van der Waals surface area contributed by atoms with Gasteiger partial charge in [-0.2, -0.15) is 0 Å². The Balaban J connectivity index is 1.45. The van der Waals surface area contributed by atoms with E-state index in [2.05, 4.69) is 41.8 Å². The van der Waals surface area contributed by atoms with Crippen LogP contribution in [-0.2, 0) is 0 Å². The zero-order chi connectivity index (χ0) is 18.1. The minimum absolute atomic E-state index is 0.0538. The molecule has 2 aromatic carbocycles. The van der Waals surface area contributed by atoms with E-state index in [1.54, 1.807) is 0 Å². The Hall–Kier alpha value is -2.53. The molecule has 0 bridgehead atoms. The van der Waals surface area contributed by atoms with Crippen molar-refractivity contribution in [1.29, 1.82) is 0 Å². The average Bonchev–Trinajstić information content (AvgIpc) is 2.63. The Morgan fingerprint density at radius 2 is 1.73 bits per heavy atom. The van der Waals surface area contributed by atoms with Crippen molar-refractivity contribution in [1.82, 2.24) is 10.2 Å². The maximum Gasteiger partial charge on any atom is 0.321 e. The maximum absolute atomic E-state index is 12.6. The van der Waals surface area contributed by atoms with Gasteiger partial charge in [-0.25, -0.2) is 4.79 Å². The summed E-state index contributed by atoms with van der Waals surface area (Å²) < 4.78 is 0. The second-order valence-electron chi connectivity index (χ2n) is 7.70. The molecule has 2 amide bonds. The third-order valence-corrected chi connectivity index (χ3v) is 5.68. The predicted molar refractivity (Wildman–Crippen MR) is 106 cm³/mol. The number of nitrogens with two attached hydrogens (primary N) is 1. The molecule has 5 nitrogen and oxygen atoms in total. The standard InChI is InChI=1S/C21H26N4O/c1-15-2-4-16(5-3-15)17-6-7-18(22)19(12-17)24-20(26)25-13-21(14-25)8-10-23-11-9-21/h2-7,12,23H,8-11,13-14,22H2,1H3,(H,24,26). The number of nitrogen functional groups attached to an aromatic ring is 1. The SMILES string of the molecule is Cc1ccc(-c2ccc(N)c(NC(=O)N3CC4(CCNCC4)C3)c2)cc1. The number of carbonyl (C=O) groups excluding carboxylic acids is 1. The maximum atomic E-state index is 12.6. The van der Waals surface area contributed by atoms with Crippen molar-refractivity contribution in [2.75, 3.05) is 37.2 Å². The number of hydrogen-bond acceptors (Lipinski definition) is 3. The normalized spacial score (nSPS) is 18.4. The van der Waals surface area contributed by atoms with Gasteiger partial charge in [-0.05, 0) is 56.1 Å². The highest BCUT2D eigenvalue weighted by atomic mass is 16.2. The van der Waals surface area contributed by atoms with E-state index >= 15 is 0 Å². The summed E-state index contributed by atoms with van der Waals surface area (Å²) in [6, 6.07) is 14.1. The minimum atomic E-state index is -0.0538. The fourth-order valence-electron chi connectivity index (χ4n) is 3.96. The second-order valence-corrected chi connectivity index (χ2v) is 7.70. The van der Waals surface area contributed by atoms with Gasteiger partial charge in [-0.3, -0.25) is 0 Å². The third-order valence-electron chi connectivity index (χ3n) is 5.68. The molecule has 4 rings (SSSR count). The Morgan fingerprint density at radius 3 is 2.42 bits per heavy atom. The molecule has 4 N–H and O–H groups in total. The first-order chi connectivity index (χ1) is 12.5. The van der Waals surface area contributed by atoms with E-state index in [9.17, 15) is 4.79 Å². The van der Waals surface area contributed by atoms with Gasteiger partial charge in [0.2, 0.25) is 0 Å². The lowest BCUT2D eigenvalue weighted by Crippen LogP contribution is -2.62. The molecule has 0 aromatic heterocycles. The first-order valence-corrected chi connectivity index (χ1v) is 9.28. The van der Waals surface area contributed by atoms with Crippen molar-refractivity contribution in [3.63, 3.8) is 0 Å². The van der Waals surface area contributed by atoms with Gasteiger partial charge >= 0.3 is 6.03 Å². The molecule has 0 saturated carbocycles. The van der Waals surface area contributed by atoms with Crippen molar-refractivity contribution in [2.24, 2.45) is 5.41 Å². The first kappa shape index (κ1) is 16.9. The number of nitrogens with one attached hydrogen (secondary N) is 2. The second kappa shape index (κ2) is 6.65. The molecule has 0 aliphatic carbocycles. The van der Waals surface area contributed by atoms with Crippen molar-refractivity contribution < 1.29 is 4.79 Å². The third kappa shape index (κ3) is 3.27. The molecule has 1 spiro atoms. The summed E-state index contributed by atoms with van der Waals surface area (Å²) >= 11 is 0. The van der Waals surface area contributed by atoms with Crippen LogP contribution in [0.5, 0.6) is 0 Å². The van der Waals surface area contributed by atoms with E-state index in [1.165, 1.54) is 5.56 Å². The summed E-state index contributed by atoms with van der Waals surface area (Å²) in [6.07, 6.45) is 2.31. The van der Waals surface area contributed by atoms with Crippen LogP contribution in [-0.4, -0.2) is 37.1 Å². The number of amides is 2. The van der Waals surface area contributed by atoms with E-state index in [4.69, 9.17) is 5.73 Å². The molecule has 0 radical (unpaired) electrons. The van der Waals surface area contributed by atoms with Crippen molar-refractivity contribution in [3.05, 3.63) is 48.0 Å². The molecule has 0 unspecified atom stereocenters. The van der Waals surface area contributed by atoms with Gasteiger partial charge in [0, 0.05) is 18.5 Å². The largest absolute Gasteiger partial charge is 0.397 e. The van der Waals surface area contributed by atoms with Gasteiger partial charge < -0.3 is 21.3 Å². The number of carbonyl (C=O) groups is 1. The average molecular weight is 350 g/mol. The smallest absolute Gasteiger partial charge is 0.321 e. The summed E-state index contributed by atoms with van der Waals surface area (Å²) in [5.74, 6) is 0. The molecule has 2 heterocycles. The Kier molecular flexibility index (Phi) is 4.32. The molecular weight excluding hydrogens is 324 g/mol. The lowest BCUT2D eigenvalue weighted by atomic mass is 9.72. The summed E-state index contributed by atoms with van der Waals surface area (Å²) in [5.41, 5.74) is 11.1. The van der Waals surface area contributed by atoms with Crippen LogP contribution >= 0.6 is 0 Å². The number of piperidine rings is 1. The van der Waals surface area contributed by atoms with Crippen molar-refractivity contribution in [3.8, 4) is 11.1 Å². The zero-order valence-corrected chi connectivity index (χ0v) is 15.2. The van der Waals surface area contributed by atoms with Crippen molar-refractivity contribution in [2.45, 2.75) is 19.8 Å². The monoisotopic (exact) mass is 350 g/mol. The molecule has 2 fully saturated rings. The van der Waals surface area contributed by atoms with E-state index in [1.807, 2.05) is 23.1 Å². The molecule has 26 heavy (non-hydrogen) atoms.